The van der Waals surface area contributed by atoms with Crippen molar-refractivity contribution in [2.45, 2.75) is 199 Å². The Hall–Kier alpha value is -0.440. The summed E-state index contributed by atoms with van der Waals surface area (Å²) in [5.41, 5.74) is -1.64. The molecule has 5 aliphatic heterocycles. The summed E-state index contributed by atoms with van der Waals surface area (Å²) in [4.78, 5) is 26.2. The number of ether oxygens (including phenoxy) is 5. The van der Waals surface area contributed by atoms with Crippen molar-refractivity contribution in [2.24, 2.45) is 41.4 Å². The van der Waals surface area contributed by atoms with Gasteiger partial charge in [-0.2, -0.15) is 0 Å². The van der Waals surface area contributed by atoms with E-state index in [-0.39, 0.29) is 65.3 Å². The Morgan fingerprint density at radius 3 is 2.17 bits per heavy atom. The van der Waals surface area contributed by atoms with Gasteiger partial charge in [-0.05, 0) is 95.6 Å². The maximum Gasteiger partial charge on any atom is 1.00 e. The average Bonchev–Trinajstić information content (AvgIpc) is 3.47. The fourth-order valence-corrected chi connectivity index (χ4v) is 10.5. The van der Waals surface area contributed by atoms with E-state index in [1.807, 2.05) is 41.5 Å². The molecule has 2 spiro atoms. The molecule has 0 aromatic heterocycles. The second-order valence-corrected chi connectivity index (χ2v) is 17.9. The van der Waals surface area contributed by atoms with Crippen LogP contribution in [-0.4, -0.2) is 92.6 Å². The maximum absolute atomic E-state index is 14.4. The molecule has 304 valence electrons. The zero-order valence-electron chi connectivity index (χ0n) is 34.9. The van der Waals surface area contributed by atoms with Crippen molar-refractivity contribution in [1.82, 2.24) is 0 Å². The topological polar surface area (TPSA) is 164 Å². The van der Waals surface area contributed by atoms with Crippen molar-refractivity contribution < 1.29 is 83.3 Å². The van der Waals surface area contributed by atoms with E-state index in [1.54, 1.807) is 19.1 Å². The Morgan fingerprint density at radius 2 is 1.57 bits per heavy atom. The van der Waals surface area contributed by atoms with E-state index in [2.05, 4.69) is 20.8 Å². The standard InChI is InChI=1S/C42H70O11.Na/c1-11-29(38(46)47)31-15-14-23(4)36(50-31)27(8)34(44)26(7)35(45)30(12-2)37-24(5)22-25(6)41(51-37)19-16-32(43)42(53-41)21-20-39(10,52-42)33-17-18-40(48,13-3)28(9)49-33;/h16,19,23-34,36-37,43-44,48H,11-15,17-18,20-22H2,1-10H3,(H,46,47);/q;+1/p-1/t23-,24-,25+,26-,27-,28?,29+,30-,31+,32+,33+,34+,36+,37-,39-,40+,41-,42-;/m0./s1. The van der Waals surface area contributed by atoms with Gasteiger partial charge in [-0.1, -0.05) is 55.4 Å². The van der Waals surface area contributed by atoms with E-state index >= 15 is 0 Å². The van der Waals surface area contributed by atoms with Crippen LogP contribution in [0, 0.1) is 41.4 Å². The molecule has 1 unspecified atom stereocenters. The van der Waals surface area contributed by atoms with Crippen LogP contribution in [0.25, 0.3) is 0 Å². The van der Waals surface area contributed by atoms with Gasteiger partial charge in [-0.3, -0.25) is 4.79 Å². The molecular weight excluding hydrogens is 703 g/mol. The Kier molecular flexibility index (Phi) is 15.3. The predicted molar refractivity (Wildman–Crippen MR) is 196 cm³/mol. The molecule has 0 aliphatic carbocycles. The third kappa shape index (κ3) is 8.63. The van der Waals surface area contributed by atoms with Crippen LogP contribution in [0.1, 0.15) is 133 Å². The third-order valence-electron chi connectivity index (χ3n) is 14.4. The molecule has 0 aromatic rings. The third-order valence-corrected chi connectivity index (χ3v) is 14.4. The number of ketones is 1. The maximum atomic E-state index is 14.4. The molecular formula is C42H69NaO11. The van der Waals surface area contributed by atoms with E-state index < -0.39 is 82.9 Å². The number of carboxylic acids is 1. The molecule has 3 N–H and O–H groups in total. The number of Topliss-reactive ketones (excluding diaryl/α,β-unsaturated/α-hetero) is 1. The number of hydrogen-bond acceptors (Lipinski definition) is 11. The fraction of sp³-hybridized carbons (Fsp3) is 0.905. The van der Waals surface area contributed by atoms with Crippen molar-refractivity contribution in [2.75, 3.05) is 0 Å². The van der Waals surface area contributed by atoms with Gasteiger partial charge < -0.3 is 48.9 Å². The van der Waals surface area contributed by atoms with Crippen molar-refractivity contribution in [3.63, 3.8) is 0 Å². The summed E-state index contributed by atoms with van der Waals surface area (Å²) in [6.45, 7) is 19.5. The normalized spacial score (nSPS) is 45.3. The van der Waals surface area contributed by atoms with Gasteiger partial charge in [0.15, 0.2) is 5.79 Å². The number of carbonyl (C=O) groups is 2. The summed E-state index contributed by atoms with van der Waals surface area (Å²) >= 11 is 0. The van der Waals surface area contributed by atoms with E-state index in [0.29, 0.717) is 57.8 Å². The summed E-state index contributed by atoms with van der Waals surface area (Å²) in [7, 11) is 0. The van der Waals surface area contributed by atoms with Crippen molar-refractivity contribution >= 4 is 11.8 Å². The number of aliphatic hydroxyl groups excluding tert-OH is 2. The first kappa shape index (κ1) is 46.3. The Labute approximate surface area is 345 Å². The second-order valence-electron chi connectivity index (χ2n) is 17.9. The number of aliphatic hydroxyl groups is 3. The van der Waals surface area contributed by atoms with Gasteiger partial charge >= 0.3 is 29.6 Å². The number of hydrogen-bond donors (Lipinski definition) is 3. The van der Waals surface area contributed by atoms with Crippen molar-refractivity contribution in [3.8, 4) is 0 Å². The summed E-state index contributed by atoms with van der Waals surface area (Å²) in [5, 5.41) is 46.0. The minimum absolute atomic E-state index is 0. The molecule has 5 rings (SSSR count). The molecule has 18 atom stereocenters. The first-order chi connectivity index (χ1) is 24.8. The van der Waals surface area contributed by atoms with Gasteiger partial charge in [0.1, 0.15) is 11.9 Å². The number of carboxylic acid groups (broad SMARTS) is 1. The molecule has 0 bridgehead atoms. The van der Waals surface area contributed by atoms with Gasteiger partial charge in [0, 0.05) is 42.0 Å². The van der Waals surface area contributed by atoms with E-state index in [1.165, 1.54) is 0 Å². The van der Waals surface area contributed by atoms with Crippen LogP contribution in [0.2, 0.25) is 0 Å². The summed E-state index contributed by atoms with van der Waals surface area (Å²) < 4.78 is 33.4. The fourth-order valence-electron chi connectivity index (χ4n) is 10.5. The Bertz CT molecular complexity index is 1330. The van der Waals surface area contributed by atoms with E-state index in [0.717, 1.165) is 6.42 Å². The van der Waals surface area contributed by atoms with Crippen LogP contribution in [0.4, 0.5) is 0 Å². The van der Waals surface area contributed by atoms with Crippen LogP contribution >= 0.6 is 0 Å². The zero-order valence-corrected chi connectivity index (χ0v) is 36.9. The quantitative estimate of drug-likeness (QED) is 0.196. The molecule has 4 saturated heterocycles. The van der Waals surface area contributed by atoms with Crippen LogP contribution in [-0.2, 0) is 33.3 Å². The van der Waals surface area contributed by atoms with Crippen LogP contribution in [0.15, 0.2) is 12.2 Å². The summed E-state index contributed by atoms with van der Waals surface area (Å²) in [6, 6.07) is 0. The first-order valence-corrected chi connectivity index (χ1v) is 20.7. The van der Waals surface area contributed by atoms with Gasteiger partial charge in [0.2, 0.25) is 5.79 Å². The molecule has 0 amide bonds. The van der Waals surface area contributed by atoms with Crippen molar-refractivity contribution in [3.05, 3.63) is 12.2 Å². The first-order valence-electron chi connectivity index (χ1n) is 20.7. The second kappa shape index (κ2) is 17.8. The van der Waals surface area contributed by atoms with Crippen LogP contribution in [0.3, 0.4) is 0 Å². The molecule has 12 heteroatoms. The molecule has 5 heterocycles. The monoisotopic (exact) mass is 772 g/mol. The van der Waals surface area contributed by atoms with E-state index in [9.17, 15) is 30.0 Å². The molecule has 0 saturated carbocycles. The molecule has 0 radical (unpaired) electrons. The minimum atomic E-state index is -1.37. The molecule has 54 heavy (non-hydrogen) atoms. The Morgan fingerprint density at radius 1 is 0.907 bits per heavy atom. The molecule has 0 aromatic carbocycles. The zero-order chi connectivity index (χ0) is 39.3. The van der Waals surface area contributed by atoms with Gasteiger partial charge in [-0.15, -0.1) is 0 Å². The van der Waals surface area contributed by atoms with Gasteiger partial charge in [0.05, 0.1) is 47.8 Å². The minimum Gasteiger partial charge on any atom is -0.550 e. The van der Waals surface area contributed by atoms with Crippen LogP contribution < -0.4 is 34.7 Å². The smallest absolute Gasteiger partial charge is 0.550 e. The summed E-state index contributed by atoms with van der Waals surface area (Å²) in [6.07, 6.45) is 5.22. The number of aliphatic carboxylic acids is 1. The SMILES string of the molecule is CC[C@@H](C(=O)[C@@H](C)[C@@H](O)[C@H](C)[C@@H]1O[C@@H]([C@@H](CC)C(=O)[O-])CC[C@@H]1C)[C@H]1O[C@]2(C=C[C@@H](O)[C@]3(CC[C@@](C)([C@H]4CC[C@](O)(CC)C(C)O4)O3)O2)[C@H](C)C[C@@H]1C.[Na+]. The largest absolute Gasteiger partial charge is 1.00 e. The molecule has 5 aliphatic rings. The average molecular weight is 773 g/mol. The number of carbonyl (C=O) groups excluding carboxylic acids is 2. The molecule has 11 nitrogen and oxygen atoms in total. The van der Waals surface area contributed by atoms with Gasteiger partial charge in [-0.25, -0.2) is 0 Å². The van der Waals surface area contributed by atoms with Crippen molar-refractivity contribution in [1.29, 1.82) is 0 Å². The summed E-state index contributed by atoms with van der Waals surface area (Å²) in [5.74, 6) is -6.24. The van der Waals surface area contributed by atoms with Crippen LogP contribution in [0.5, 0.6) is 0 Å². The van der Waals surface area contributed by atoms with Gasteiger partial charge in [0.25, 0.3) is 0 Å². The Balaban J connectivity index is 0.00000650. The number of rotatable bonds is 12. The molecule has 4 fully saturated rings. The predicted octanol–water partition coefficient (Wildman–Crippen LogP) is 1.86. The van der Waals surface area contributed by atoms with E-state index in [4.69, 9.17) is 23.7 Å².